The van der Waals surface area contributed by atoms with E-state index in [2.05, 4.69) is 16.0 Å². The van der Waals surface area contributed by atoms with Crippen LogP contribution in [0.5, 0.6) is 0 Å². The van der Waals surface area contributed by atoms with Crippen molar-refractivity contribution in [2.75, 3.05) is 17.2 Å². The molecule has 0 unspecified atom stereocenters. The van der Waals surface area contributed by atoms with Gasteiger partial charge in [0, 0.05) is 13.8 Å². The Morgan fingerprint density at radius 2 is 1.35 bits per heavy atom. The van der Waals surface area contributed by atoms with Crippen molar-refractivity contribution in [1.82, 2.24) is 5.32 Å². The standard InChI is InChI=1S/C14H14I3N3O6/c1-4(22)18-11-8(15)7(13(24)20-6(3-21)14(25)26)9(16)12(10(11)17)19-5(2)23/h6,21H,3H2,1-2H3,(H,18,22)(H,19,23)(H,20,24)(H,25,26)/t6-/m0/s1. The summed E-state index contributed by atoms with van der Waals surface area (Å²) in [7, 11) is 0. The molecule has 0 aliphatic heterocycles. The first-order chi connectivity index (χ1) is 12.0. The number of carbonyl (C=O) groups excluding carboxylic acids is 3. The molecule has 0 aliphatic rings. The summed E-state index contributed by atoms with van der Waals surface area (Å²) in [5.41, 5.74) is 0.728. The Bertz CT molecular complexity index is 741. The van der Waals surface area contributed by atoms with Gasteiger partial charge in [0.2, 0.25) is 11.8 Å². The fourth-order valence-corrected chi connectivity index (χ4v) is 6.05. The number of halogens is 3. The Balaban J connectivity index is 3.58. The summed E-state index contributed by atoms with van der Waals surface area (Å²) in [5.74, 6) is -2.89. The molecule has 0 saturated carbocycles. The molecule has 1 aromatic carbocycles. The van der Waals surface area contributed by atoms with Gasteiger partial charge in [0.05, 0.1) is 34.3 Å². The number of hydrogen-bond acceptors (Lipinski definition) is 5. The Morgan fingerprint density at radius 1 is 0.923 bits per heavy atom. The maximum absolute atomic E-state index is 12.6. The molecule has 3 amide bonds. The molecule has 1 aromatic rings. The molecular formula is C14H14I3N3O6. The van der Waals surface area contributed by atoms with E-state index in [1.807, 2.05) is 67.8 Å². The lowest BCUT2D eigenvalue weighted by atomic mass is 10.1. The van der Waals surface area contributed by atoms with E-state index in [0.717, 1.165) is 0 Å². The zero-order valence-corrected chi connectivity index (χ0v) is 19.9. The molecule has 142 valence electrons. The van der Waals surface area contributed by atoms with Crippen molar-refractivity contribution in [3.8, 4) is 0 Å². The van der Waals surface area contributed by atoms with Gasteiger partial charge in [0.1, 0.15) is 0 Å². The normalized spacial score (nSPS) is 11.5. The highest BCUT2D eigenvalue weighted by Gasteiger charge is 2.28. The van der Waals surface area contributed by atoms with Gasteiger partial charge in [-0.1, -0.05) is 0 Å². The molecule has 0 bridgehead atoms. The van der Waals surface area contributed by atoms with Crippen LogP contribution in [0.4, 0.5) is 11.4 Å². The minimum atomic E-state index is -1.48. The summed E-state index contributed by atoms with van der Waals surface area (Å²) in [6.07, 6.45) is 0. The number of anilines is 2. The van der Waals surface area contributed by atoms with Crippen LogP contribution in [-0.2, 0) is 14.4 Å². The summed E-state index contributed by atoms with van der Waals surface area (Å²) >= 11 is 5.66. The molecule has 1 atom stereocenters. The minimum absolute atomic E-state index is 0.0822. The second-order valence-electron chi connectivity index (χ2n) is 4.98. The quantitative estimate of drug-likeness (QED) is 0.286. The Labute approximate surface area is 189 Å². The van der Waals surface area contributed by atoms with Crippen molar-refractivity contribution in [1.29, 1.82) is 0 Å². The zero-order chi connectivity index (χ0) is 20.2. The van der Waals surface area contributed by atoms with Crippen LogP contribution in [-0.4, -0.2) is 46.6 Å². The fraction of sp³-hybridized carbons (Fsp3) is 0.286. The molecule has 0 aliphatic carbocycles. The van der Waals surface area contributed by atoms with Crippen molar-refractivity contribution in [2.45, 2.75) is 19.9 Å². The van der Waals surface area contributed by atoms with Gasteiger partial charge in [-0.2, -0.15) is 0 Å². The van der Waals surface area contributed by atoms with E-state index in [1.165, 1.54) is 13.8 Å². The van der Waals surface area contributed by atoms with Crippen LogP contribution in [0.15, 0.2) is 0 Å². The second-order valence-corrected chi connectivity index (χ2v) is 8.21. The highest BCUT2D eigenvalue weighted by atomic mass is 127. The molecular weight excluding hydrogens is 687 g/mol. The van der Waals surface area contributed by atoms with E-state index >= 15 is 0 Å². The number of rotatable bonds is 6. The van der Waals surface area contributed by atoms with Gasteiger partial charge in [-0.05, 0) is 67.8 Å². The molecule has 0 saturated heterocycles. The molecule has 1 rings (SSSR count). The first kappa shape index (κ1) is 23.3. The molecule has 12 heteroatoms. The van der Waals surface area contributed by atoms with Crippen LogP contribution >= 0.6 is 67.8 Å². The van der Waals surface area contributed by atoms with Gasteiger partial charge in [0.25, 0.3) is 5.91 Å². The van der Waals surface area contributed by atoms with Gasteiger partial charge in [-0.25, -0.2) is 4.79 Å². The lowest BCUT2D eigenvalue weighted by molar-refractivity contribution is -0.140. The van der Waals surface area contributed by atoms with Crippen LogP contribution < -0.4 is 16.0 Å². The average molecular weight is 701 g/mol. The third kappa shape index (κ3) is 5.62. The molecule has 0 fully saturated rings. The SMILES string of the molecule is CC(=O)Nc1c(I)c(NC(C)=O)c(I)c(C(=O)N[C@@H](CO)C(=O)O)c1I. The van der Waals surface area contributed by atoms with Crippen molar-refractivity contribution < 1.29 is 29.4 Å². The predicted octanol–water partition coefficient (Wildman–Crippen LogP) is 1.59. The first-order valence-electron chi connectivity index (χ1n) is 6.91. The summed E-state index contributed by atoms with van der Waals surface area (Å²) in [4.78, 5) is 46.7. The number of amides is 3. The maximum Gasteiger partial charge on any atom is 0.328 e. The highest BCUT2D eigenvalue weighted by molar-refractivity contribution is 14.1. The van der Waals surface area contributed by atoms with E-state index < -0.39 is 24.5 Å². The van der Waals surface area contributed by atoms with Gasteiger partial charge >= 0.3 is 5.97 Å². The number of aliphatic carboxylic acids is 1. The van der Waals surface area contributed by atoms with Gasteiger partial charge in [-0.15, -0.1) is 0 Å². The van der Waals surface area contributed by atoms with Crippen LogP contribution in [0, 0.1) is 10.7 Å². The van der Waals surface area contributed by atoms with Crippen LogP contribution in [0.25, 0.3) is 0 Å². The van der Waals surface area contributed by atoms with Crippen LogP contribution in [0.2, 0.25) is 0 Å². The van der Waals surface area contributed by atoms with Crippen molar-refractivity contribution in [3.05, 3.63) is 16.3 Å². The molecule has 0 spiro atoms. The summed E-state index contributed by atoms with van der Waals surface area (Å²) in [6, 6.07) is -1.48. The van der Waals surface area contributed by atoms with Crippen molar-refractivity contribution >= 4 is 103 Å². The van der Waals surface area contributed by atoms with Gasteiger partial charge < -0.3 is 26.2 Å². The lowest BCUT2D eigenvalue weighted by Gasteiger charge is -2.20. The van der Waals surface area contributed by atoms with E-state index in [1.54, 1.807) is 0 Å². The number of carbonyl (C=O) groups is 4. The van der Waals surface area contributed by atoms with Gasteiger partial charge in [-0.3, -0.25) is 14.4 Å². The van der Waals surface area contributed by atoms with Crippen LogP contribution in [0.3, 0.4) is 0 Å². The Hall–Kier alpha value is -0.750. The predicted molar refractivity (Wildman–Crippen MR) is 119 cm³/mol. The van der Waals surface area contributed by atoms with Gasteiger partial charge in [0.15, 0.2) is 6.04 Å². The molecule has 26 heavy (non-hydrogen) atoms. The van der Waals surface area contributed by atoms with Crippen molar-refractivity contribution in [2.24, 2.45) is 0 Å². The van der Waals surface area contributed by atoms with E-state index in [-0.39, 0.29) is 17.4 Å². The molecule has 0 aromatic heterocycles. The number of aliphatic hydroxyl groups is 1. The highest BCUT2D eigenvalue weighted by Crippen LogP contribution is 2.38. The first-order valence-corrected chi connectivity index (χ1v) is 10.1. The Kier molecular flexibility index (Phi) is 8.94. The zero-order valence-electron chi connectivity index (χ0n) is 13.4. The third-order valence-electron chi connectivity index (χ3n) is 2.93. The largest absolute Gasteiger partial charge is 0.480 e. The Morgan fingerprint density at radius 3 is 1.65 bits per heavy atom. The topological polar surface area (TPSA) is 145 Å². The van der Waals surface area contributed by atoms with Crippen LogP contribution in [0.1, 0.15) is 24.2 Å². The lowest BCUT2D eigenvalue weighted by Crippen LogP contribution is -2.44. The molecule has 5 N–H and O–H groups in total. The summed E-state index contributed by atoms with van der Waals surface area (Å²) in [5, 5.41) is 25.6. The van der Waals surface area contributed by atoms with E-state index in [9.17, 15) is 19.2 Å². The summed E-state index contributed by atoms with van der Waals surface area (Å²) < 4.78 is 1.27. The van der Waals surface area contributed by atoms with E-state index in [4.69, 9.17) is 10.2 Å². The molecule has 0 heterocycles. The third-order valence-corrected chi connectivity index (χ3v) is 6.17. The molecule has 9 nitrogen and oxygen atoms in total. The monoisotopic (exact) mass is 701 g/mol. The maximum atomic E-state index is 12.6. The number of carboxylic acids is 1. The number of benzene rings is 1. The number of nitrogens with one attached hydrogen (secondary N) is 3. The minimum Gasteiger partial charge on any atom is -0.480 e. The fourth-order valence-electron chi connectivity index (χ4n) is 1.85. The summed E-state index contributed by atoms with van der Waals surface area (Å²) in [6.45, 7) is 1.82. The number of carboxylic acid groups (broad SMARTS) is 1. The molecule has 0 radical (unpaired) electrons. The average Bonchev–Trinajstić information content (AvgIpc) is 2.52. The second kappa shape index (κ2) is 9.98. The van der Waals surface area contributed by atoms with Crippen molar-refractivity contribution in [3.63, 3.8) is 0 Å². The van der Waals surface area contributed by atoms with E-state index in [0.29, 0.717) is 22.1 Å². The number of hydrogen-bond donors (Lipinski definition) is 5. The number of aliphatic hydroxyl groups excluding tert-OH is 1. The smallest absolute Gasteiger partial charge is 0.328 e.